The fourth-order valence-electron chi connectivity index (χ4n) is 13.0. The van der Waals surface area contributed by atoms with Gasteiger partial charge in [-0.2, -0.15) is 0 Å². The Hall–Kier alpha value is -9.94. The Bertz CT molecular complexity index is 5170. The van der Waals surface area contributed by atoms with E-state index in [1.54, 1.807) is 0 Å². The van der Waals surface area contributed by atoms with Gasteiger partial charge in [-0.1, -0.05) is 152 Å². The van der Waals surface area contributed by atoms with Gasteiger partial charge in [-0.25, -0.2) is 0 Å². The summed E-state index contributed by atoms with van der Waals surface area (Å²) < 4.78 is 12.3. The molecule has 0 saturated heterocycles. The smallest absolute Gasteiger partial charge is 0.0547 e. The molecule has 17 aromatic rings. The van der Waals surface area contributed by atoms with Gasteiger partial charge >= 0.3 is 0 Å². The van der Waals surface area contributed by atoms with Crippen molar-refractivity contribution in [3.8, 4) is 45.0 Å². The van der Waals surface area contributed by atoms with Crippen molar-refractivity contribution >= 4 is 119 Å². The number of aromatic nitrogens is 4. The Kier molecular flexibility index (Phi) is 8.97. The summed E-state index contributed by atoms with van der Waals surface area (Å²) in [5, 5.41) is 12.6. The summed E-state index contributed by atoms with van der Waals surface area (Å²) >= 11 is 1.87. The summed E-state index contributed by atoms with van der Waals surface area (Å²) in [5.41, 5.74) is 19.1. The Morgan fingerprint density at radius 2 is 0.545 bits per heavy atom. The molecule has 0 atom stereocenters. The Morgan fingerprint density at radius 3 is 1.01 bits per heavy atom. The molecule has 0 N–H and O–H groups in total. The van der Waals surface area contributed by atoms with Crippen LogP contribution in [0.5, 0.6) is 0 Å². The van der Waals surface area contributed by atoms with Gasteiger partial charge in [0.1, 0.15) is 0 Å². The van der Waals surface area contributed by atoms with Crippen molar-refractivity contribution in [2.75, 3.05) is 0 Å². The van der Waals surface area contributed by atoms with E-state index < -0.39 is 0 Å². The van der Waals surface area contributed by atoms with Crippen molar-refractivity contribution in [2.24, 2.45) is 0 Å². The number of hydrogen-bond acceptors (Lipinski definition) is 1. The highest BCUT2D eigenvalue weighted by Crippen LogP contribution is 2.44. The molecule has 0 aliphatic carbocycles. The highest BCUT2D eigenvalue weighted by atomic mass is 32.1. The summed E-state index contributed by atoms with van der Waals surface area (Å²) in [6.45, 7) is 0. The number of para-hydroxylation sites is 6. The maximum absolute atomic E-state index is 2.46. The highest BCUT2D eigenvalue weighted by molar-refractivity contribution is 7.25. The van der Waals surface area contributed by atoms with Crippen LogP contribution in [-0.2, 0) is 0 Å². The van der Waals surface area contributed by atoms with Gasteiger partial charge in [0.15, 0.2) is 0 Å². The van der Waals surface area contributed by atoms with E-state index in [0.717, 1.165) is 17.1 Å². The maximum Gasteiger partial charge on any atom is 0.0547 e. The maximum atomic E-state index is 2.46. The van der Waals surface area contributed by atoms with Gasteiger partial charge in [0.25, 0.3) is 0 Å². The van der Waals surface area contributed by atoms with E-state index in [9.17, 15) is 0 Å². The Labute approximate surface area is 446 Å². The molecule has 17 rings (SSSR count). The summed E-state index contributed by atoms with van der Waals surface area (Å²) in [4.78, 5) is 0. The van der Waals surface area contributed by atoms with Crippen molar-refractivity contribution in [1.82, 2.24) is 18.3 Å². The lowest BCUT2D eigenvalue weighted by atomic mass is 9.98. The normalized spacial score (nSPS) is 12.2. The summed E-state index contributed by atoms with van der Waals surface area (Å²) in [7, 11) is 0. The van der Waals surface area contributed by atoms with Crippen LogP contribution in [0.25, 0.3) is 152 Å². The van der Waals surface area contributed by atoms with Crippen LogP contribution in [0.1, 0.15) is 0 Å². The third-order valence-corrected chi connectivity index (χ3v) is 17.5. The van der Waals surface area contributed by atoms with Crippen molar-refractivity contribution in [2.45, 2.75) is 0 Å². The summed E-state index contributed by atoms with van der Waals surface area (Å²) in [5.74, 6) is 0. The molecule has 4 nitrogen and oxygen atoms in total. The predicted octanol–water partition coefficient (Wildman–Crippen LogP) is 19.8. The molecule has 77 heavy (non-hydrogen) atoms. The van der Waals surface area contributed by atoms with Crippen molar-refractivity contribution in [3.63, 3.8) is 0 Å². The minimum Gasteiger partial charge on any atom is -0.309 e. The largest absolute Gasteiger partial charge is 0.309 e. The molecule has 0 fully saturated rings. The van der Waals surface area contributed by atoms with E-state index in [1.165, 1.54) is 135 Å². The van der Waals surface area contributed by atoms with Crippen LogP contribution in [0.3, 0.4) is 0 Å². The van der Waals surface area contributed by atoms with E-state index >= 15 is 0 Å². The lowest BCUT2D eigenvalue weighted by molar-refractivity contribution is 1.18. The summed E-state index contributed by atoms with van der Waals surface area (Å²) in [6, 6.07) is 98.7. The molecule has 0 aliphatic heterocycles. The van der Waals surface area contributed by atoms with Crippen LogP contribution in [-0.4, -0.2) is 18.3 Å². The van der Waals surface area contributed by atoms with E-state index in [4.69, 9.17) is 0 Å². The molecule has 0 unspecified atom stereocenters. The SMILES string of the molecule is c1ccc2c(c1)c1ccccc1n2-c1ccc(-c2ccc(-n3c4ccccc4c4c(-c5ccc6c(c5)c5ccccc5n6-c5ccc6sc7ccc(-n8c9ccccc9c9ccccc98)cc7c6c5)cccc43)cc2)cc1. The monoisotopic (exact) mass is 996 g/mol. The Balaban J connectivity index is 0.752. The lowest BCUT2D eigenvalue weighted by Gasteiger charge is -2.12. The standard InChI is InChI=1S/C72H44N4S/c1-7-21-62-53(14-1)54-15-2-8-22-63(54)73(62)48-33-28-45(29-34-48)46-30-35-49(36-31-46)74-67-26-12-6-19-58(67)72-52(20-13-27-69(72)74)47-32-39-68-59(42-47)57-18-5-11-25-66(57)76(68)51-38-41-71-61(44-51)60-43-50(37-40-70(60)77-71)75-64-23-9-3-16-55(64)56-17-4-10-24-65(56)75/h1-44H. The molecule has 12 aromatic carbocycles. The molecule has 0 saturated carbocycles. The van der Waals surface area contributed by atoms with Gasteiger partial charge in [0.2, 0.25) is 0 Å². The van der Waals surface area contributed by atoms with Gasteiger partial charge in [-0.3, -0.25) is 0 Å². The molecule has 0 bridgehead atoms. The molecule has 0 radical (unpaired) electrons. The van der Waals surface area contributed by atoms with E-state index in [1.807, 2.05) is 11.3 Å². The van der Waals surface area contributed by atoms with Crippen molar-refractivity contribution < 1.29 is 0 Å². The van der Waals surface area contributed by atoms with Crippen LogP contribution in [0.4, 0.5) is 0 Å². The minimum atomic E-state index is 1.14. The second-order valence-electron chi connectivity index (χ2n) is 20.4. The third kappa shape index (κ3) is 6.20. The minimum absolute atomic E-state index is 1.14. The van der Waals surface area contributed by atoms with Crippen molar-refractivity contribution in [3.05, 3.63) is 267 Å². The van der Waals surface area contributed by atoms with Gasteiger partial charge in [0, 0.05) is 86.0 Å². The van der Waals surface area contributed by atoms with Crippen LogP contribution < -0.4 is 0 Å². The zero-order valence-corrected chi connectivity index (χ0v) is 42.4. The molecule has 5 heteroatoms. The molecule has 0 spiro atoms. The molecular weight excluding hydrogens is 953 g/mol. The van der Waals surface area contributed by atoms with Crippen LogP contribution in [0, 0.1) is 0 Å². The average molecular weight is 997 g/mol. The first-order valence-corrected chi connectivity index (χ1v) is 27.2. The molecule has 5 aromatic heterocycles. The average Bonchev–Trinajstić information content (AvgIpc) is 4.37. The van der Waals surface area contributed by atoms with Gasteiger partial charge < -0.3 is 18.3 Å². The fraction of sp³-hybridized carbons (Fsp3) is 0. The van der Waals surface area contributed by atoms with Crippen LogP contribution in [0.2, 0.25) is 0 Å². The predicted molar refractivity (Wildman–Crippen MR) is 328 cm³/mol. The zero-order valence-electron chi connectivity index (χ0n) is 41.6. The molecule has 0 aliphatic rings. The summed E-state index contributed by atoms with van der Waals surface area (Å²) in [6.07, 6.45) is 0. The third-order valence-electron chi connectivity index (χ3n) is 16.4. The van der Waals surface area contributed by atoms with Crippen LogP contribution >= 0.6 is 11.3 Å². The first-order valence-electron chi connectivity index (χ1n) is 26.4. The second kappa shape index (κ2) is 16.3. The quantitative estimate of drug-likeness (QED) is 0.158. The molecule has 5 heterocycles. The van der Waals surface area contributed by atoms with Crippen molar-refractivity contribution in [1.29, 1.82) is 0 Å². The topological polar surface area (TPSA) is 19.7 Å². The number of rotatable bonds is 6. The molecular formula is C72H44N4S. The second-order valence-corrected chi connectivity index (χ2v) is 21.5. The van der Waals surface area contributed by atoms with Gasteiger partial charge in [0.05, 0.1) is 44.1 Å². The first kappa shape index (κ1) is 42.4. The zero-order chi connectivity index (χ0) is 50.3. The van der Waals surface area contributed by atoms with E-state index in [0.29, 0.717) is 0 Å². The highest BCUT2D eigenvalue weighted by Gasteiger charge is 2.21. The fourth-order valence-corrected chi connectivity index (χ4v) is 14.1. The number of hydrogen-bond donors (Lipinski definition) is 0. The number of benzene rings is 12. The Morgan fingerprint density at radius 1 is 0.208 bits per heavy atom. The first-order chi connectivity index (χ1) is 38.2. The van der Waals surface area contributed by atoms with Crippen LogP contribution in [0.15, 0.2) is 267 Å². The molecule has 358 valence electrons. The molecule has 0 amide bonds. The van der Waals surface area contributed by atoms with E-state index in [2.05, 4.69) is 285 Å². The lowest BCUT2D eigenvalue weighted by Crippen LogP contribution is -1.95. The number of fused-ring (bicyclic) bond motifs is 15. The number of thiophene rings is 1. The van der Waals surface area contributed by atoms with Gasteiger partial charge in [-0.05, 0) is 138 Å². The number of nitrogens with zero attached hydrogens (tertiary/aromatic N) is 4. The van der Waals surface area contributed by atoms with E-state index in [-0.39, 0.29) is 0 Å². The van der Waals surface area contributed by atoms with Gasteiger partial charge in [-0.15, -0.1) is 11.3 Å².